The van der Waals surface area contributed by atoms with Crippen molar-refractivity contribution in [2.24, 2.45) is 7.05 Å². The summed E-state index contributed by atoms with van der Waals surface area (Å²) in [6, 6.07) is 7.31. The molecule has 0 aliphatic heterocycles. The maximum atomic E-state index is 12.4. The van der Waals surface area contributed by atoms with Crippen molar-refractivity contribution in [3.63, 3.8) is 0 Å². The second-order valence-electron chi connectivity index (χ2n) is 6.01. The molecule has 0 unspecified atom stereocenters. The van der Waals surface area contributed by atoms with Gasteiger partial charge in [-0.25, -0.2) is 9.78 Å². The number of imidazole rings is 1. The quantitative estimate of drug-likeness (QED) is 0.769. The van der Waals surface area contributed by atoms with Gasteiger partial charge in [0.15, 0.2) is 5.82 Å². The number of urea groups is 1. The number of carbonyl (C=O) groups excluding carboxylic acids is 1. The molecule has 8 heteroatoms. The highest BCUT2D eigenvalue weighted by Gasteiger charge is 2.19. The predicted molar refractivity (Wildman–Crippen MR) is 92.8 cm³/mol. The molecule has 0 saturated carbocycles. The number of aryl methyl sites for hydroxylation is 2. The Bertz CT molecular complexity index is 884. The van der Waals surface area contributed by atoms with Crippen molar-refractivity contribution in [1.82, 2.24) is 29.9 Å². The summed E-state index contributed by atoms with van der Waals surface area (Å²) in [7, 11) is 3.68. The van der Waals surface area contributed by atoms with Crippen LogP contribution < -0.4 is 5.32 Å². The zero-order valence-electron chi connectivity index (χ0n) is 14.9. The number of nitrogens with zero attached hydrogens (tertiary/aromatic N) is 5. The summed E-state index contributed by atoms with van der Waals surface area (Å²) in [4.78, 5) is 22.8. The van der Waals surface area contributed by atoms with Crippen molar-refractivity contribution in [2.75, 3.05) is 7.05 Å². The fraction of sp³-hybridized carbons (Fsp3) is 0.412. The number of nitrogens with one attached hydrogen (secondary N) is 1. The van der Waals surface area contributed by atoms with Crippen LogP contribution in [0.25, 0.3) is 11.0 Å². The largest absolute Gasteiger partial charge is 0.337 e. The summed E-state index contributed by atoms with van der Waals surface area (Å²) in [5, 5.41) is 6.71. The molecule has 2 amide bonds. The van der Waals surface area contributed by atoms with E-state index in [1.165, 1.54) is 0 Å². The fourth-order valence-corrected chi connectivity index (χ4v) is 2.56. The number of para-hydroxylation sites is 2. The molecule has 0 saturated heterocycles. The average Bonchev–Trinajstić information content (AvgIpc) is 3.20. The molecule has 2 heterocycles. The topological polar surface area (TPSA) is 89.1 Å². The van der Waals surface area contributed by atoms with Crippen LogP contribution in [0.4, 0.5) is 4.79 Å². The van der Waals surface area contributed by atoms with Crippen molar-refractivity contribution in [3.05, 3.63) is 41.8 Å². The molecule has 1 N–H and O–H groups in total. The van der Waals surface area contributed by atoms with E-state index in [1.807, 2.05) is 49.7 Å². The highest BCUT2D eigenvalue weighted by atomic mass is 16.5. The van der Waals surface area contributed by atoms with Crippen LogP contribution >= 0.6 is 0 Å². The second kappa shape index (κ2) is 6.92. The van der Waals surface area contributed by atoms with Gasteiger partial charge in [0.2, 0.25) is 5.89 Å². The lowest BCUT2D eigenvalue weighted by molar-refractivity contribution is 0.199. The van der Waals surface area contributed by atoms with Crippen LogP contribution in [0.2, 0.25) is 0 Å². The van der Waals surface area contributed by atoms with E-state index >= 15 is 0 Å². The van der Waals surface area contributed by atoms with E-state index in [-0.39, 0.29) is 12.1 Å². The van der Waals surface area contributed by atoms with Gasteiger partial charge in [-0.05, 0) is 19.1 Å². The molecular weight excluding hydrogens is 320 g/mol. The van der Waals surface area contributed by atoms with Crippen LogP contribution in [0.1, 0.15) is 37.4 Å². The first kappa shape index (κ1) is 16.9. The molecular formula is C17H22N6O2. The van der Waals surface area contributed by atoms with Crippen molar-refractivity contribution >= 4 is 17.1 Å². The highest BCUT2D eigenvalue weighted by molar-refractivity contribution is 5.76. The van der Waals surface area contributed by atoms with Gasteiger partial charge in [0.05, 0.1) is 17.6 Å². The lowest BCUT2D eigenvalue weighted by Crippen LogP contribution is -2.38. The molecule has 0 aliphatic carbocycles. The Kier molecular flexibility index (Phi) is 4.69. The molecule has 0 fully saturated rings. The average molecular weight is 342 g/mol. The first-order valence-corrected chi connectivity index (χ1v) is 8.24. The van der Waals surface area contributed by atoms with Crippen LogP contribution in [0.5, 0.6) is 0 Å². The third kappa shape index (κ3) is 3.47. The van der Waals surface area contributed by atoms with E-state index in [1.54, 1.807) is 11.9 Å². The Morgan fingerprint density at radius 3 is 2.80 bits per heavy atom. The van der Waals surface area contributed by atoms with Gasteiger partial charge >= 0.3 is 6.03 Å². The number of hydrogen-bond acceptors (Lipinski definition) is 5. The van der Waals surface area contributed by atoms with Gasteiger partial charge in [0, 0.05) is 20.5 Å². The molecule has 0 radical (unpaired) electrons. The second-order valence-corrected chi connectivity index (χ2v) is 6.01. The van der Waals surface area contributed by atoms with Crippen molar-refractivity contribution in [1.29, 1.82) is 0 Å². The van der Waals surface area contributed by atoms with Crippen LogP contribution in [0.3, 0.4) is 0 Å². The first-order chi connectivity index (χ1) is 12.0. The summed E-state index contributed by atoms with van der Waals surface area (Å²) in [5.41, 5.74) is 1.96. The summed E-state index contributed by atoms with van der Waals surface area (Å²) in [6.07, 6.45) is 0.691. The fourth-order valence-electron chi connectivity index (χ4n) is 2.56. The standard InChI is InChI=1S/C17H22N6O2/c1-5-14-20-16(25-21-14)11(2)18-17(24)22(3)10-15-19-12-8-6-7-9-13(12)23(15)4/h6-9,11H,5,10H2,1-4H3,(H,18,24)/t11-/m0/s1. The highest BCUT2D eigenvalue weighted by Crippen LogP contribution is 2.16. The number of rotatable bonds is 5. The molecule has 3 rings (SSSR count). The van der Waals surface area contributed by atoms with E-state index < -0.39 is 0 Å². The zero-order valence-corrected chi connectivity index (χ0v) is 14.9. The number of amides is 2. The van der Waals surface area contributed by atoms with Gasteiger partial charge in [-0.2, -0.15) is 4.98 Å². The molecule has 2 aromatic heterocycles. The molecule has 132 valence electrons. The SMILES string of the molecule is CCc1noc([C@H](C)NC(=O)N(C)Cc2nc3ccccc3n2C)n1. The maximum Gasteiger partial charge on any atom is 0.318 e. The van der Waals surface area contributed by atoms with Gasteiger partial charge in [0.1, 0.15) is 11.9 Å². The molecule has 1 aromatic carbocycles. The van der Waals surface area contributed by atoms with Gasteiger partial charge in [-0.1, -0.05) is 24.2 Å². The van der Waals surface area contributed by atoms with Gasteiger partial charge in [-0.3, -0.25) is 0 Å². The Labute approximate surface area is 145 Å². The normalized spacial score (nSPS) is 12.3. The minimum absolute atomic E-state index is 0.226. The minimum atomic E-state index is -0.358. The van der Waals surface area contributed by atoms with E-state index in [4.69, 9.17) is 4.52 Å². The summed E-state index contributed by atoms with van der Waals surface area (Å²) >= 11 is 0. The van der Waals surface area contributed by atoms with E-state index in [0.29, 0.717) is 24.7 Å². The zero-order chi connectivity index (χ0) is 18.0. The van der Waals surface area contributed by atoms with Crippen molar-refractivity contribution in [2.45, 2.75) is 32.9 Å². The molecule has 0 aliphatic rings. The third-order valence-electron chi connectivity index (χ3n) is 4.12. The number of benzene rings is 1. The molecule has 3 aromatic rings. The van der Waals surface area contributed by atoms with Crippen molar-refractivity contribution in [3.8, 4) is 0 Å². The Hall–Kier alpha value is -2.90. The number of hydrogen-bond donors (Lipinski definition) is 1. The Balaban J connectivity index is 1.66. The molecule has 1 atom stereocenters. The lowest BCUT2D eigenvalue weighted by Gasteiger charge is -2.19. The summed E-state index contributed by atoms with van der Waals surface area (Å²) in [6.45, 7) is 4.16. The van der Waals surface area contributed by atoms with E-state index in [2.05, 4.69) is 20.4 Å². The molecule has 8 nitrogen and oxygen atoms in total. The smallest absolute Gasteiger partial charge is 0.318 e. The predicted octanol–water partition coefficient (Wildman–Crippen LogP) is 2.42. The monoisotopic (exact) mass is 342 g/mol. The number of fused-ring (bicyclic) bond motifs is 1. The van der Waals surface area contributed by atoms with Crippen LogP contribution in [0, 0.1) is 0 Å². The van der Waals surface area contributed by atoms with Crippen LogP contribution in [0.15, 0.2) is 28.8 Å². The van der Waals surface area contributed by atoms with Gasteiger partial charge in [-0.15, -0.1) is 0 Å². The lowest BCUT2D eigenvalue weighted by atomic mass is 10.3. The van der Waals surface area contributed by atoms with E-state index in [9.17, 15) is 4.79 Å². The molecule has 0 bridgehead atoms. The third-order valence-corrected chi connectivity index (χ3v) is 4.12. The van der Waals surface area contributed by atoms with Gasteiger partial charge < -0.3 is 19.3 Å². The summed E-state index contributed by atoms with van der Waals surface area (Å²) in [5.74, 6) is 1.85. The van der Waals surface area contributed by atoms with Crippen LogP contribution in [-0.2, 0) is 20.0 Å². The van der Waals surface area contributed by atoms with Gasteiger partial charge in [0.25, 0.3) is 0 Å². The van der Waals surface area contributed by atoms with E-state index in [0.717, 1.165) is 16.9 Å². The number of carbonyl (C=O) groups is 1. The molecule has 0 spiro atoms. The number of aromatic nitrogens is 4. The summed E-state index contributed by atoms with van der Waals surface area (Å²) < 4.78 is 7.16. The Morgan fingerprint density at radius 1 is 1.36 bits per heavy atom. The minimum Gasteiger partial charge on any atom is -0.337 e. The van der Waals surface area contributed by atoms with Crippen LogP contribution in [-0.4, -0.2) is 37.7 Å². The maximum absolute atomic E-state index is 12.4. The first-order valence-electron chi connectivity index (χ1n) is 8.24. The molecule has 25 heavy (non-hydrogen) atoms. The Morgan fingerprint density at radius 2 is 2.12 bits per heavy atom. The van der Waals surface area contributed by atoms with Crippen molar-refractivity contribution < 1.29 is 9.32 Å².